The maximum absolute atomic E-state index is 11.3. The summed E-state index contributed by atoms with van der Waals surface area (Å²) in [5.41, 5.74) is 0. The standard InChI is InChI=1S/C5H8N2O7P2/c8-4(15(9,10)11)5(16(12,13)14)3-6-1-2-7(3)5/h1-2,4,8H,(H2,9,10,11)(H2,12,13,14). The first-order chi connectivity index (χ1) is 7.13. The van der Waals surface area contributed by atoms with Crippen LogP contribution in [0.25, 0.3) is 0 Å². The highest BCUT2D eigenvalue weighted by atomic mass is 31.2. The monoisotopic (exact) mass is 270 g/mol. The van der Waals surface area contributed by atoms with E-state index in [9.17, 15) is 14.2 Å². The summed E-state index contributed by atoms with van der Waals surface area (Å²) >= 11 is 0. The molecule has 0 saturated heterocycles. The lowest BCUT2D eigenvalue weighted by atomic mass is 10.4. The molecule has 90 valence electrons. The van der Waals surface area contributed by atoms with Gasteiger partial charge in [-0.2, -0.15) is 0 Å². The Labute approximate surface area is 88.7 Å². The van der Waals surface area contributed by atoms with E-state index in [1.54, 1.807) is 0 Å². The molecule has 0 aromatic carbocycles. The van der Waals surface area contributed by atoms with Crippen molar-refractivity contribution >= 4 is 15.2 Å². The molecule has 0 amide bonds. The fourth-order valence-corrected chi connectivity index (χ4v) is 4.40. The van der Waals surface area contributed by atoms with Gasteiger partial charge < -0.3 is 29.2 Å². The van der Waals surface area contributed by atoms with Gasteiger partial charge in [-0.1, -0.05) is 0 Å². The Morgan fingerprint density at radius 3 is 2.19 bits per heavy atom. The molecule has 1 aromatic heterocycles. The van der Waals surface area contributed by atoms with Gasteiger partial charge in [0.25, 0.3) is 0 Å². The van der Waals surface area contributed by atoms with Crippen molar-refractivity contribution in [2.24, 2.45) is 0 Å². The van der Waals surface area contributed by atoms with Crippen LogP contribution in [0, 0.1) is 0 Å². The van der Waals surface area contributed by atoms with E-state index in [1.165, 1.54) is 6.20 Å². The molecular formula is C5H8N2O7P2. The summed E-state index contributed by atoms with van der Waals surface area (Å²) in [5, 5.41) is 7.00. The van der Waals surface area contributed by atoms with Crippen molar-refractivity contribution in [1.29, 1.82) is 0 Å². The van der Waals surface area contributed by atoms with Crippen LogP contribution in [-0.2, 0) is 14.4 Å². The predicted molar refractivity (Wildman–Crippen MR) is 49.4 cm³/mol. The van der Waals surface area contributed by atoms with Crippen molar-refractivity contribution in [2.75, 3.05) is 0 Å². The summed E-state index contributed by atoms with van der Waals surface area (Å²) in [7, 11) is -10.0. The topological polar surface area (TPSA) is 153 Å². The SMILES string of the molecule is O=P(O)(O)C(O)C1(P(=O)(O)O)c2nccn21. The average Bonchev–Trinajstić information content (AvgIpc) is 2.51. The second-order valence-corrected chi connectivity index (χ2v) is 6.79. The minimum absolute atomic E-state index is 0.239. The molecule has 2 rings (SSSR count). The molecule has 1 aliphatic heterocycles. The Morgan fingerprint density at radius 1 is 1.31 bits per heavy atom. The molecule has 2 heterocycles. The number of imidazole rings is 1. The number of aliphatic hydroxyl groups is 1. The van der Waals surface area contributed by atoms with Crippen LogP contribution < -0.4 is 0 Å². The first-order valence-electron chi connectivity index (χ1n) is 3.96. The van der Waals surface area contributed by atoms with E-state index in [4.69, 9.17) is 19.6 Å². The van der Waals surface area contributed by atoms with Gasteiger partial charge in [0.2, 0.25) is 5.28 Å². The normalized spacial score (nSPS) is 26.3. The lowest BCUT2D eigenvalue weighted by Crippen LogP contribution is -2.30. The molecule has 1 aliphatic rings. The van der Waals surface area contributed by atoms with Crippen molar-refractivity contribution in [3.63, 3.8) is 0 Å². The van der Waals surface area contributed by atoms with Crippen LogP contribution >= 0.6 is 15.2 Å². The third-order valence-corrected chi connectivity index (χ3v) is 5.17. The summed E-state index contributed by atoms with van der Waals surface area (Å²) < 4.78 is 23.0. The second-order valence-electron chi connectivity index (χ2n) is 3.35. The van der Waals surface area contributed by atoms with Gasteiger partial charge in [-0.05, 0) is 0 Å². The second kappa shape index (κ2) is 3.02. The third-order valence-electron chi connectivity index (χ3n) is 2.41. The smallest absolute Gasteiger partial charge is 0.362 e. The van der Waals surface area contributed by atoms with Gasteiger partial charge in [-0.15, -0.1) is 0 Å². The molecule has 5 N–H and O–H groups in total. The Bertz CT molecular complexity index is 508. The zero-order valence-corrected chi connectivity index (χ0v) is 9.36. The van der Waals surface area contributed by atoms with Crippen molar-refractivity contribution in [3.8, 4) is 0 Å². The molecule has 9 nitrogen and oxygen atoms in total. The zero-order chi connectivity index (χ0) is 12.4. The van der Waals surface area contributed by atoms with Crippen LogP contribution in [0.15, 0.2) is 12.4 Å². The van der Waals surface area contributed by atoms with E-state index in [2.05, 4.69) is 4.98 Å². The van der Waals surface area contributed by atoms with E-state index >= 15 is 0 Å². The van der Waals surface area contributed by atoms with Crippen molar-refractivity contribution in [2.45, 2.75) is 11.1 Å². The van der Waals surface area contributed by atoms with E-state index in [0.717, 1.165) is 10.8 Å². The van der Waals surface area contributed by atoms with Gasteiger partial charge in [0.05, 0.1) is 0 Å². The Morgan fingerprint density at radius 2 is 1.88 bits per heavy atom. The van der Waals surface area contributed by atoms with E-state index in [0.29, 0.717) is 0 Å². The van der Waals surface area contributed by atoms with Gasteiger partial charge >= 0.3 is 15.2 Å². The van der Waals surface area contributed by atoms with Gasteiger partial charge in [-0.25, -0.2) is 4.98 Å². The van der Waals surface area contributed by atoms with Gasteiger partial charge in [-0.3, -0.25) is 9.13 Å². The van der Waals surface area contributed by atoms with Crippen molar-refractivity contribution in [3.05, 3.63) is 18.2 Å². The molecule has 0 fully saturated rings. The summed E-state index contributed by atoms with van der Waals surface area (Å²) in [5.74, 6) is -2.75. The minimum atomic E-state index is -5.06. The van der Waals surface area contributed by atoms with Crippen molar-refractivity contribution < 1.29 is 33.8 Å². The summed E-state index contributed by atoms with van der Waals surface area (Å²) in [6.07, 6.45) is 2.34. The molecular weight excluding hydrogens is 262 g/mol. The third kappa shape index (κ3) is 1.28. The Hall–Kier alpha value is -0.530. The molecule has 2 unspecified atom stereocenters. The predicted octanol–water partition coefficient (Wildman–Crippen LogP) is -1.43. The molecule has 0 radical (unpaired) electrons. The first-order valence-corrected chi connectivity index (χ1v) is 7.26. The molecule has 0 saturated carbocycles. The van der Waals surface area contributed by atoms with Crippen LogP contribution in [0.1, 0.15) is 5.82 Å². The largest absolute Gasteiger partial charge is 0.378 e. The van der Waals surface area contributed by atoms with Gasteiger partial charge in [0.15, 0.2) is 11.7 Å². The van der Waals surface area contributed by atoms with E-state index < -0.39 is 26.3 Å². The minimum Gasteiger partial charge on any atom is -0.378 e. The number of nitrogens with zero attached hydrogens (tertiary/aromatic N) is 2. The average molecular weight is 270 g/mol. The lowest BCUT2D eigenvalue weighted by molar-refractivity contribution is 0.158. The summed E-state index contributed by atoms with van der Waals surface area (Å²) in [6, 6.07) is 0. The van der Waals surface area contributed by atoms with Crippen molar-refractivity contribution in [1.82, 2.24) is 9.55 Å². The number of fused-ring (bicyclic) bond motifs is 1. The number of aliphatic hydroxyl groups excluding tert-OH is 1. The molecule has 0 spiro atoms. The zero-order valence-electron chi connectivity index (χ0n) is 7.57. The summed E-state index contributed by atoms with van der Waals surface area (Å²) in [4.78, 5) is 39.3. The Balaban J connectivity index is 2.54. The number of aromatic nitrogens is 2. The van der Waals surface area contributed by atoms with E-state index in [1.807, 2.05) is 0 Å². The van der Waals surface area contributed by atoms with Crippen LogP contribution in [-0.4, -0.2) is 40.1 Å². The quantitative estimate of drug-likeness (QED) is 0.419. The lowest BCUT2D eigenvalue weighted by Gasteiger charge is -2.23. The Kier molecular flexibility index (Phi) is 2.26. The highest BCUT2D eigenvalue weighted by Crippen LogP contribution is 2.72. The molecule has 1 aromatic rings. The van der Waals surface area contributed by atoms with Crippen LogP contribution in [0.2, 0.25) is 0 Å². The number of hydrogen-bond acceptors (Lipinski definition) is 4. The maximum Gasteiger partial charge on any atom is 0.362 e. The fraction of sp³-hybridized carbons (Fsp3) is 0.400. The van der Waals surface area contributed by atoms with Crippen LogP contribution in [0.4, 0.5) is 0 Å². The molecule has 0 bridgehead atoms. The van der Waals surface area contributed by atoms with Crippen LogP contribution in [0.3, 0.4) is 0 Å². The highest BCUT2D eigenvalue weighted by Gasteiger charge is 2.73. The number of rotatable bonds is 3. The highest BCUT2D eigenvalue weighted by molar-refractivity contribution is 7.57. The number of hydrogen-bond donors (Lipinski definition) is 5. The first kappa shape index (κ1) is 11.9. The molecule has 11 heteroatoms. The molecule has 16 heavy (non-hydrogen) atoms. The fourth-order valence-electron chi connectivity index (χ4n) is 1.66. The summed E-state index contributed by atoms with van der Waals surface area (Å²) in [6.45, 7) is 0. The van der Waals surface area contributed by atoms with E-state index in [-0.39, 0.29) is 5.82 Å². The molecule has 2 atom stereocenters. The van der Waals surface area contributed by atoms with Crippen LogP contribution in [0.5, 0.6) is 0 Å². The molecule has 0 aliphatic carbocycles. The van der Waals surface area contributed by atoms with Gasteiger partial charge in [0, 0.05) is 12.4 Å². The van der Waals surface area contributed by atoms with Gasteiger partial charge in [0.1, 0.15) is 0 Å². The maximum atomic E-state index is 11.3.